The summed E-state index contributed by atoms with van der Waals surface area (Å²) in [6.45, 7) is 2.29. The van der Waals surface area contributed by atoms with E-state index in [4.69, 9.17) is 28.4 Å². The van der Waals surface area contributed by atoms with Gasteiger partial charge in [-0.2, -0.15) is 13.2 Å². The van der Waals surface area contributed by atoms with E-state index in [0.717, 1.165) is 27.7 Å². The zero-order chi connectivity index (χ0) is 22.0. The lowest BCUT2D eigenvalue weighted by atomic mass is 9.98. The number of halogens is 3. The molecule has 2 saturated heterocycles. The maximum atomic E-state index is 12.5. The minimum atomic E-state index is -4.65. The molecule has 13 heteroatoms. The Labute approximate surface area is 163 Å². The SMILES string of the molecule is CC(=O)OC[C@H]1O[C@@H]2O[C@](C)(OCC(F)(F)F)O[C@@H]2[C@@H](OC(C)=O)[C@@H]1OC(C)=O. The first-order chi connectivity index (χ1) is 13.3. The Kier molecular flexibility index (Phi) is 7.09. The fraction of sp³-hybridized carbons (Fsp3) is 0.812. The van der Waals surface area contributed by atoms with Crippen LogP contribution >= 0.6 is 0 Å². The lowest BCUT2D eigenvalue weighted by molar-refractivity contribution is -0.365. The van der Waals surface area contributed by atoms with Gasteiger partial charge in [0.15, 0.2) is 24.6 Å². The van der Waals surface area contributed by atoms with Crippen LogP contribution in [0.5, 0.6) is 0 Å². The summed E-state index contributed by atoms with van der Waals surface area (Å²) in [6.07, 6.45) is -11.1. The summed E-state index contributed by atoms with van der Waals surface area (Å²) in [7, 11) is 0. The number of rotatable bonds is 6. The molecule has 2 aliphatic heterocycles. The van der Waals surface area contributed by atoms with E-state index in [-0.39, 0.29) is 0 Å². The van der Waals surface area contributed by atoms with Gasteiger partial charge in [-0.1, -0.05) is 0 Å². The maximum absolute atomic E-state index is 12.5. The van der Waals surface area contributed by atoms with Gasteiger partial charge < -0.3 is 28.4 Å². The third kappa shape index (κ3) is 6.52. The molecule has 0 N–H and O–H groups in total. The van der Waals surface area contributed by atoms with E-state index >= 15 is 0 Å². The van der Waals surface area contributed by atoms with Gasteiger partial charge in [-0.3, -0.25) is 19.1 Å². The molecule has 0 radical (unpaired) electrons. The Balaban J connectivity index is 2.26. The van der Waals surface area contributed by atoms with Crippen molar-refractivity contribution in [3.8, 4) is 0 Å². The molecule has 0 aromatic carbocycles. The molecule has 2 fully saturated rings. The van der Waals surface area contributed by atoms with Crippen LogP contribution in [0.25, 0.3) is 0 Å². The first-order valence-corrected chi connectivity index (χ1v) is 8.49. The summed E-state index contributed by atoms with van der Waals surface area (Å²) in [5.74, 6) is -4.40. The summed E-state index contributed by atoms with van der Waals surface area (Å²) in [4.78, 5) is 34.2. The van der Waals surface area contributed by atoms with Crippen LogP contribution in [0.4, 0.5) is 13.2 Å². The number of fused-ring (bicyclic) bond motifs is 1. The number of carbonyl (C=O) groups excluding carboxylic acids is 3. The second-order valence-corrected chi connectivity index (χ2v) is 6.46. The number of hydrogen-bond donors (Lipinski definition) is 0. The van der Waals surface area contributed by atoms with Crippen molar-refractivity contribution in [3.05, 3.63) is 0 Å². The molecular formula is C16H21F3O10. The molecule has 0 aliphatic carbocycles. The largest absolute Gasteiger partial charge is 0.463 e. The van der Waals surface area contributed by atoms with Gasteiger partial charge in [0.25, 0.3) is 5.97 Å². The van der Waals surface area contributed by atoms with Crippen LogP contribution < -0.4 is 0 Å². The molecule has 0 spiro atoms. The van der Waals surface area contributed by atoms with Crippen LogP contribution in [0.15, 0.2) is 0 Å². The Morgan fingerprint density at radius 3 is 2.07 bits per heavy atom. The molecule has 10 nitrogen and oxygen atoms in total. The number of alkyl halides is 3. The van der Waals surface area contributed by atoms with E-state index in [1.54, 1.807) is 0 Å². The average molecular weight is 430 g/mol. The maximum Gasteiger partial charge on any atom is 0.412 e. The van der Waals surface area contributed by atoms with E-state index in [1.807, 2.05) is 0 Å². The number of ether oxygens (including phenoxy) is 7. The Morgan fingerprint density at radius 2 is 1.55 bits per heavy atom. The van der Waals surface area contributed by atoms with Crippen LogP contribution in [0.3, 0.4) is 0 Å². The zero-order valence-electron chi connectivity index (χ0n) is 16.0. The molecule has 0 unspecified atom stereocenters. The van der Waals surface area contributed by atoms with Crippen LogP contribution in [0, 0.1) is 0 Å². The molecule has 0 saturated carbocycles. The standard InChI is InChI=1S/C16H21F3O10/c1-7(20)23-5-10-11(25-8(2)21)12(26-9(3)22)13-14(27-10)29-15(4,28-13)24-6-16(17,18)19/h10-14H,5-6H2,1-4H3/t10-,11-,12+,13-,14-,15-/m1/s1. The van der Waals surface area contributed by atoms with Crippen molar-refractivity contribution >= 4 is 17.9 Å². The lowest BCUT2D eigenvalue weighted by Gasteiger charge is -2.40. The summed E-state index contributed by atoms with van der Waals surface area (Å²) in [5.41, 5.74) is 0. The summed E-state index contributed by atoms with van der Waals surface area (Å²) in [5, 5.41) is 0. The van der Waals surface area contributed by atoms with E-state index < -0.39 is 74.0 Å². The molecule has 0 aromatic rings. The highest BCUT2D eigenvalue weighted by Gasteiger charge is 2.60. The van der Waals surface area contributed by atoms with Crippen molar-refractivity contribution in [2.24, 2.45) is 0 Å². The first kappa shape index (κ1) is 23.3. The Bertz CT molecular complexity index is 639. The van der Waals surface area contributed by atoms with Crippen molar-refractivity contribution in [1.82, 2.24) is 0 Å². The Morgan fingerprint density at radius 1 is 0.966 bits per heavy atom. The molecule has 0 aromatic heterocycles. The van der Waals surface area contributed by atoms with Gasteiger partial charge in [-0.15, -0.1) is 0 Å². The van der Waals surface area contributed by atoms with Crippen molar-refractivity contribution in [3.63, 3.8) is 0 Å². The number of hydrogen-bond acceptors (Lipinski definition) is 10. The van der Waals surface area contributed by atoms with Gasteiger partial charge in [0.2, 0.25) is 0 Å². The van der Waals surface area contributed by atoms with E-state index in [0.29, 0.717) is 0 Å². The van der Waals surface area contributed by atoms with Crippen LogP contribution in [-0.2, 0) is 47.5 Å². The summed E-state index contributed by atoms with van der Waals surface area (Å²) >= 11 is 0. The van der Waals surface area contributed by atoms with Gasteiger partial charge in [-0.25, -0.2) is 0 Å². The minimum Gasteiger partial charge on any atom is -0.463 e. The number of esters is 3. The Hall–Kier alpha value is -1.96. The molecular weight excluding hydrogens is 409 g/mol. The van der Waals surface area contributed by atoms with Crippen LogP contribution in [-0.4, -0.2) is 74.0 Å². The number of carbonyl (C=O) groups is 3. The van der Waals surface area contributed by atoms with Crippen molar-refractivity contribution in [2.45, 2.75) is 70.6 Å². The lowest BCUT2D eigenvalue weighted by Crippen LogP contribution is -2.60. The van der Waals surface area contributed by atoms with Gasteiger partial charge in [0, 0.05) is 27.7 Å². The molecule has 0 bridgehead atoms. The molecule has 2 rings (SSSR count). The van der Waals surface area contributed by atoms with Crippen molar-refractivity contribution in [2.75, 3.05) is 13.2 Å². The predicted octanol–water partition coefficient (Wildman–Crippen LogP) is 0.806. The molecule has 29 heavy (non-hydrogen) atoms. The summed E-state index contributed by atoms with van der Waals surface area (Å²) in [6, 6.07) is 0. The summed E-state index contributed by atoms with van der Waals surface area (Å²) < 4.78 is 73.6. The van der Waals surface area contributed by atoms with Crippen molar-refractivity contribution < 1.29 is 60.7 Å². The van der Waals surface area contributed by atoms with Gasteiger partial charge in [0.1, 0.15) is 19.3 Å². The third-order valence-electron chi connectivity index (χ3n) is 3.82. The van der Waals surface area contributed by atoms with Crippen molar-refractivity contribution in [1.29, 1.82) is 0 Å². The second kappa shape index (κ2) is 8.81. The van der Waals surface area contributed by atoms with Crippen LogP contribution in [0.2, 0.25) is 0 Å². The molecule has 0 amide bonds. The first-order valence-electron chi connectivity index (χ1n) is 8.49. The van der Waals surface area contributed by atoms with Gasteiger partial charge in [-0.05, 0) is 0 Å². The third-order valence-corrected chi connectivity index (χ3v) is 3.82. The molecule has 166 valence electrons. The fourth-order valence-corrected chi connectivity index (χ4v) is 2.86. The minimum absolute atomic E-state index is 0.405. The zero-order valence-corrected chi connectivity index (χ0v) is 16.0. The van der Waals surface area contributed by atoms with E-state index in [9.17, 15) is 27.6 Å². The normalized spacial score (nSPS) is 34.2. The van der Waals surface area contributed by atoms with E-state index in [1.165, 1.54) is 0 Å². The quantitative estimate of drug-likeness (QED) is 0.443. The van der Waals surface area contributed by atoms with E-state index in [2.05, 4.69) is 4.74 Å². The molecule has 2 heterocycles. The topological polar surface area (TPSA) is 116 Å². The monoisotopic (exact) mass is 430 g/mol. The highest BCUT2D eigenvalue weighted by atomic mass is 19.4. The van der Waals surface area contributed by atoms with Gasteiger partial charge in [0.05, 0.1) is 0 Å². The predicted molar refractivity (Wildman–Crippen MR) is 82.8 cm³/mol. The highest BCUT2D eigenvalue weighted by molar-refractivity contribution is 5.67. The average Bonchev–Trinajstić information content (AvgIpc) is 2.89. The van der Waals surface area contributed by atoms with Gasteiger partial charge >= 0.3 is 24.1 Å². The second-order valence-electron chi connectivity index (χ2n) is 6.46. The van der Waals surface area contributed by atoms with Crippen LogP contribution in [0.1, 0.15) is 27.7 Å². The molecule has 2 aliphatic rings. The highest BCUT2D eigenvalue weighted by Crippen LogP contribution is 2.40. The molecule has 6 atom stereocenters. The fourth-order valence-electron chi connectivity index (χ4n) is 2.86. The smallest absolute Gasteiger partial charge is 0.412 e.